The van der Waals surface area contributed by atoms with E-state index in [-0.39, 0.29) is 18.6 Å². The minimum atomic E-state index is -0.555. The van der Waals surface area contributed by atoms with Gasteiger partial charge >= 0.3 is 5.97 Å². The van der Waals surface area contributed by atoms with Crippen LogP contribution in [0.4, 0.5) is 0 Å². The van der Waals surface area contributed by atoms with Crippen LogP contribution >= 0.6 is 0 Å². The SMILES string of the molecule is O=C(OCC(=O)N1CCC(c2ccccc2)=N1)c1ccc(OC[C@H]2CCCO2)cc1. The van der Waals surface area contributed by atoms with Crippen molar-refractivity contribution in [2.24, 2.45) is 5.10 Å². The highest BCUT2D eigenvalue weighted by Crippen LogP contribution is 2.17. The molecule has 0 aliphatic carbocycles. The van der Waals surface area contributed by atoms with E-state index >= 15 is 0 Å². The van der Waals surface area contributed by atoms with E-state index in [1.54, 1.807) is 24.3 Å². The molecule has 0 saturated carbocycles. The molecule has 2 aromatic carbocycles. The number of benzene rings is 2. The van der Waals surface area contributed by atoms with Gasteiger partial charge in [0.05, 0.1) is 23.9 Å². The summed E-state index contributed by atoms with van der Waals surface area (Å²) < 4.78 is 16.4. The summed E-state index contributed by atoms with van der Waals surface area (Å²) in [4.78, 5) is 24.6. The smallest absolute Gasteiger partial charge is 0.338 e. The van der Waals surface area contributed by atoms with Crippen LogP contribution in [-0.4, -0.2) is 55.1 Å². The third-order valence-corrected chi connectivity index (χ3v) is 5.07. The van der Waals surface area contributed by atoms with Gasteiger partial charge in [0.15, 0.2) is 6.61 Å². The van der Waals surface area contributed by atoms with E-state index in [1.165, 1.54) is 5.01 Å². The number of ether oxygens (including phenoxy) is 3. The average Bonchev–Trinajstić information content (AvgIpc) is 3.49. The highest BCUT2D eigenvalue weighted by molar-refractivity contribution is 6.02. The highest BCUT2D eigenvalue weighted by atomic mass is 16.5. The van der Waals surface area contributed by atoms with Crippen molar-refractivity contribution in [3.05, 3.63) is 65.7 Å². The molecule has 0 bridgehead atoms. The molecule has 0 N–H and O–H groups in total. The van der Waals surface area contributed by atoms with E-state index < -0.39 is 5.97 Å². The molecule has 0 radical (unpaired) electrons. The fourth-order valence-corrected chi connectivity index (χ4v) is 3.41. The fraction of sp³-hybridized carbons (Fsp3) is 0.348. The Balaban J connectivity index is 1.25. The Bertz CT molecular complexity index is 905. The lowest BCUT2D eigenvalue weighted by Crippen LogP contribution is -2.28. The van der Waals surface area contributed by atoms with E-state index in [2.05, 4.69) is 5.10 Å². The standard InChI is InChI=1S/C23H24N2O5/c26-22(25-13-12-21(24-25)17-5-2-1-3-6-17)16-30-23(27)18-8-10-19(11-9-18)29-15-20-7-4-14-28-20/h1-3,5-6,8-11,20H,4,7,12-16H2/t20-/m1/s1. The van der Waals surface area contributed by atoms with Crippen molar-refractivity contribution in [2.75, 3.05) is 26.4 Å². The first-order chi connectivity index (χ1) is 14.7. The summed E-state index contributed by atoms with van der Waals surface area (Å²) in [6.45, 7) is 1.42. The maximum absolute atomic E-state index is 12.3. The molecule has 0 spiro atoms. The zero-order valence-electron chi connectivity index (χ0n) is 16.7. The maximum Gasteiger partial charge on any atom is 0.338 e. The van der Waals surface area contributed by atoms with Crippen LogP contribution in [-0.2, 0) is 14.3 Å². The summed E-state index contributed by atoms with van der Waals surface area (Å²) in [5.41, 5.74) is 2.21. The normalized spacial score (nSPS) is 18.2. The van der Waals surface area contributed by atoms with E-state index in [1.807, 2.05) is 30.3 Å². The van der Waals surface area contributed by atoms with Gasteiger partial charge < -0.3 is 14.2 Å². The van der Waals surface area contributed by atoms with Crippen molar-refractivity contribution in [1.29, 1.82) is 0 Å². The van der Waals surface area contributed by atoms with Gasteiger partial charge in [-0.15, -0.1) is 0 Å². The Morgan fingerprint density at radius 1 is 1.10 bits per heavy atom. The van der Waals surface area contributed by atoms with Gasteiger partial charge in [0, 0.05) is 13.0 Å². The number of carbonyl (C=O) groups is 2. The number of hydrogen-bond acceptors (Lipinski definition) is 6. The third kappa shape index (κ3) is 5.04. The highest BCUT2D eigenvalue weighted by Gasteiger charge is 2.23. The number of hydrazone groups is 1. The first-order valence-electron chi connectivity index (χ1n) is 10.1. The lowest BCUT2D eigenvalue weighted by Gasteiger charge is -2.12. The molecule has 156 valence electrons. The second-order valence-electron chi connectivity index (χ2n) is 7.23. The Morgan fingerprint density at radius 2 is 1.90 bits per heavy atom. The van der Waals surface area contributed by atoms with Gasteiger partial charge in [-0.1, -0.05) is 30.3 Å². The second-order valence-corrected chi connectivity index (χ2v) is 7.23. The van der Waals surface area contributed by atoms with Crippen LogP contribution < -0.4 is 4.74 Å². The van der Waals surface area contributed by atoms with Gasteiger partial charge in [0.1, 0.15) is 12.4 Å². The molecular weight excluding hydrogens is 384 g/mol. The number of carbonyl (C=O) groups excluding carboxylic acids is 2. The lowest BCUT2D eigenvalue weighted by atomic mass is 10.1. The second kappa shape index (κ2) is 9.54. The zero-order valence-corrected chi connectivity index (χ0v) is 16.7. The summed E-state index contributed by atoms with van der Waals surface area (Å²) >= 11 is 0. The Kier molecular flexibility index (Phi) is 6.39. The number of amides is 1. The third-order valence-electron chi connectivity index (χ3n) is 5.07. The Hall–Kier alpha value is -3.19. The minimum absolute atomic E-state index is 0.135. The van der Waals surface area contributed by atoms with E-state index in [4.69, 9.17) is 14.2 Å². The van der Waals surface area contributed by atoms with Crippen LogP contribution in [0.15, 0.2) is 59.7 Å². The Morgan fingerprint density at radius 3 is 2.63 bits per heavy atom. The summed E-state index contributed by atoms with van der Waals surface area (Å²) in [6.07, 6.45) is 2.88. The van der Waals surface area contributed by atoms with Crippen LogP contribution in [0, 0.1) is 0 Å². The molecule has 1 saturated heterocycles. The van der Waals surface area contributed by atoms with Gasteiger partial charge in [0.25, 0.3) is 5.91 Å². The lowest BCUT2D eigenvalue weighted by molar-refractivity contribution is -0.134. The number of hydrogen-bond donors (Lipinski definition) is 0. The van der Waals surface area contributed by atoms with Crippen LogP contribution in [0.25, 0.3) is 0 Å². The topological polar surface area (TPSA) is 77.4 Å². The number of esters is 1. The molecule has 2 aromatic rings. The number of nitrogens with zero attached hydrogens (tertiary/aromatic N) is 2. The quantitative estimate of drug-likeness (QED) is 0.658. The molecule has 7 heteroatoms. The molecule has 2 aliphatic heterocycles. The van der Waals surface area contributed by atoms with Gasteiger partial charge in [-0.2, -0.15) is 5.10 Å². The van der Waals surface area contributed by atoms with Gasteiger partial charge in [0.2, 0.25) is 0 Å². The molecule has 2 aliphatic rings. The zero-order chi connectivity index (χ0) is 20.8. The largest absolute Gasteiger partial charge is 0.491 e. The predicted molar refractivity (Wildman–Crippen MR) is 111 cm³/mol. The van der Waals surface area contributed by atoms with Crippen LogP contribution in [0.5, 0.6) is 5.75 Å². The molecule has 0 aromatic heterocycles. The molecule has 2 heterocycles. The first kappa shape index (κ1) is 20.1. The average molecular weight is 408 g/mol. The molecule has 4 rings (SSSR count). The molecular formula is C23H24N2O5. The van der Waals surface area contributed by atoms with Crippen molar-refractivity contribution in [3.63, 3.8) is 0 Å². The van der Waals surface area contributed by atoms with Crippen LogP contribution in [0.3, 0.4) is 0 Å². The summed E-state index contributed by atoms with van der Waals surface area (Å²) in [5.74, 6) is -0.232. The van der Waals surface area contributed by atoms with E-state index in [0.29, 0.717) is 30.9 Å². The minimum Gasteiger partial charge on any atom is -0.491 e. The summed E-state index contributed by atoms with van der Waals surface area (Å²) in [5, 5.41) is 5.71. The van der Waals surface area contributed by atoms with Crippen molar-refractivity contribution in [1.82, 2.24) is 5.01 Å². The van der Waals surface area contributed by atoms with Crippen LogP contribution in [0.1, 0.15) is 35.2 Å². The number of rotatable bonds is 7. The molecule has 0 unspecified atom stereocenters. The predicted octanol–water partition coefficient (Wildman–Crippen LogP) is 3.04. The molecule has 7 nitrogen and oxygen atoms in total. The van der Waals surface area contributed by atoms with Gasteiger partial charge in [-0.3, -0.25) is 4.79 Å². The Labute approximate surface area is 175 Å². The molecule has 1 amide bonds. The van der Waals surface area contributed by atoms with Crippen molar-refractivity contribution in [2.45, 2.75) is 25.4 Å². The van der Waals surface area contributed by atoms with Gasteiger partial charge in [-0.05, 0) is 42.7 Å². The van der Waals surface area contributed by atoms with E-state index in [9.17, 15) is 9.59 Å². The molecule has 1 atom stereocenters. The van der Waals surface area contributed by atoms with Crippen molar-refractivity contribution < 1.29 is 23.8 Å². The van der Waals surface area contributed by atoms with Crippen molar-refractivity contribution >= 4 is 17.6 Å². The van der Waals surface area contributed by atoms with Crippen LogP contribution in [0.2, 0.25) is 0 Å². The van der Waals surface area contributed by atoms with Gasteiger partial charge in [-0.25, -0.2) is 9.80 Å². The summed E-state index contributed by atoms with van der Waals surface area (Å²) in [7, 11) is 0. The molecule has 1 fully saturated rings. The molecule has 30 heavy (non-hydrogen) atoms. The fourth-order valence-electron chi connectivity index (χ4n) is 3.41. The van der Waals surface area contributed by atoms with E-state index in [0.717, 1.165) is 30.7 Å². The maximum atomic E-state index is 12.3. The van der Waals surface area contributed by atoms with Crippen molar-refractivity contribution in [3.8, 4) is 5.75 Å². The first-order valence-corrected chi connectivity index (χ1v) is 10.1. The summed E-state index contributed by atoms with van der Waals surface area (Å²) in [6, 6.07) is 16.4. The monoisotopic (exact) mass is 408 g/mol.